The molecule has 74 valence electrons. The zero-order valence-corrected chi connectivity index (χ0v) is 9.62. The molecule has 1 unspecified atom stereocenters. The van der Waals surface area contributed by atoms with Gasteiger partial charge in [0.2, 0.25) is 0 Å². The summed E-state index contributed by atoms with van der Waals surface area (Å²) in [6.07, 6.45) is 0.669. The number of hydrogen-bond acceptors (Lipinski definition) is 2. The Kier molecular flexibility index (Phi) is 2.70. The fourth-order valence-corrected chi connectivity index (χ4v) is 2.41. The maximum atomic E-state index is 11.7. The minimum Gasteiger partial charge on any atom is -0.297 e. The average molecular weight is 254 g/mol. The number of Topliss-reactive ketones (excluding diaryl/α,β-unsaturated/α-hetero) is 1. The molecule has 0 aromatic heterocycles. The minimum absolute atomic E-state index is 0.0504. The zero-order valence-electron chi connectivity index (χ0n) is 8.03. The van der Waals surface area contributed by atoms with E-state index >= 15 is 0 Å². The Hall–Kier alpha value is -0.670. The number of benzene rings is 1. The van der Waals surface area contributed by atoms with E-state index in [0.29, 0.717) is 12.2 Å². The highest BCUT2D eigenvalue weighted by Gasteiger charge is 2.31. The van der Waals surface area contributed by atoms with E-state index in [1.807, 2.05) is 31.3 Å². The van der Waals surface area contributed by atoms with Gasteiger partial charge >= 0.3 is 0 Å². The Morgan fingerprint density at radius 1 is 1.43 bits per heavy atom. The molecule has 1 aromatic carbocycles. The van der Waals surface area contributed by atoms with Crippen LogP contribution in [0, 0.1) is 0 Å². The molecule has 0 aliphatic carbocycles. The molecule has 3 heteroatoms. The highest BCUT2D eigenvalue weighted by molar-refractivity contribution is 9.10. The smallest absolute Gasteiger partial charge is 0.155 e. The van der Waals surface area contributed by atoms with Crippen LogP contribution in [-0.4, -0.2) is 24.3 Å². The molecule has 2 rings (SSSR count). The minimum atomic E-state index is -0.0504. The summed E-state index contributed by atoms with van der Waals surface area (Å²) in [7, 11) is 2.00. The molecule has 1 saturated heterocycles. The molecule has 14 heavy (non-hydrogen) atoms. The first-order valence-corrected chi connectivity index (χ1v) is 5.47. The number of carbonyl (C=O) groups is 1. The number of carbonyl (C=O) groups excluding carboxylic acids is 1. The quantitative estimate of drug-likeness (QED) is 0.767. The van der Waals surface area contributed by atoms with Gasteiger partial charge in [-0.2, -0.15) is 0 Å². The number of ketones is 1. The summed E-state index contributed by atoms with van der Waals surface area (Å²) in [5.74, 6) is 0.319. The van der Waals surface area contributed by atoms with Crippen LogP contribution < -0.4 is 0 Å². The average Bonchev–Trinajstić information content (AvgIpc) is 2.48. The van der Waals surface area contributed by atoms with Crippen molar-refractivity contribution in [2.45, 2.75) is 12.5 Å². The summed E-state index contributed by atoms with van der Waals surface area (Å²) in [4.78, 5) is 13.8. The Bertz CT molecular complexity index is 364. The number of hydrogen-bond donors (Lipinski definition) is 0. The lowest BCUT2D eigenvalue weighted by Gasteiger charge is -2.19. The predicted octanol–water partition coefficient (Wildman–Crippen LogP) is 2.39. The van der Waals surface area contributed by atoms with Gasteiger partial charge in [0.05, 0.1) is 6.04 Å². The number of nitrogens with zero attached hydrogens (tertiary/aromatic N) is 1. The monoisotopic (exact) mass is 253 g/mol. The SMILES string of the molecule is CN1CCC(=O)C1c1ccccc1Br. The summed E-state index contributed by atoms with van der Waals surface area (Å²) < 4.78 is 1.02. The maximum absolute atomic E-state index is 11.7. The molecule has 0 bridgehead atoms. The van der Waals surface area contributed by atoms with E-state index in [1.165, 1.54) is 0 Å². The van der Waals surface area contributed by atoms with Crippen molar-refractivity contribution in [3.05, 3.63) is 34.3 Å². The predicted molar refractivity (Wildman–Crippen MR) is 59.1 cm³/mol. The van der Waals surface area contributed by atoms with Crippen molar-refractivity contribution in [1.29, 1.82) is 0 Å². The fraction of sp³-hybridized carbons (Fsp3) is 0.364. The molecule has 0 saturated carbocycles. The van der Waals surface area contributed by atoms with Crippen molar-refractivity contribution in [3.8, 4) is 0 Å². The van der Waals surface area contributed by atoms with E-state index in [1.54, 1.807) is 0 Å². The third-order valence-corrected chi connectivity index (χ3v) is 3.38. The van der Waals surface area contributed by atoms with E-state index in [0.717, 1.165) is 16.6 Å². The van der Waals surface area contributed by atoms with Crippen LogP contribution in [0.2, 0.25) is 0 Å². The summed E-state index contributed by atoms with van der Waals surface area (Å²) in [6, 6.07) is 7.88. The molecule has 0 N–H and O–H groups in total. The van der Waals surface area contributed by atoms with Gasteiger partial charge in [-0.3, -0.25) is 9.69 Å². The van der Waals surface area contributed by atoms with Crippen LogP contribution in [-0.2, 0) is 4.79 Å². The normalized spacial score (nSPS) is 23.0. The van der Waals surface area contributed by atoms with Crippen LogP contribution in [0.1, 0.15) is 18.0 Å². The van der Waals surface area contributed by atoms with Gasteiger partial charge < -0.3 is 0 Å². The first kappa shape index (κ1) is 9.87. The lowest BCUT2D eigenvalue weighted by Crippen LogP contribution is -2.21. The molecule has 0 radical (unpaired) electrons. The van der Waals surface area contributed by atoms with Crippen molar-refractivity contribution in [3.63, 3.8) is 0 Å². The Balaban J connectivity index is 2.39. The van der Waals surface area contributed by atoms with Crippen LogP contribution in [0.4, 0.5) is 0 Å². The number of likely N-dealkylation sites (tertiary alicyclic amines) is 1. The molecule has 1 fully saturated rings. The van der Waals surface area contributed by atoms with Crippen molar-refractivity contribution in [2.75, 3.05) is 13.6 Å². The van der Waals surface area contributed by atoms with E-state index in [-0.39, 0.29) is 6.04 Å². The van der Waals surface area contributed by atoms with Crippen molar-refractivity contribution < 1.29 is 4.79 Å². The molecule has 1 aliphatic rings. The fourth-order valence-electron chi connectivity index (χ4n) is 1.91. The van der Waals surface area contributed by atoms with Gasteiger partial charge in [0.15, 0.2) is 5.78 Å². The Morgan fingerprint density at radius 2 is 2.14 bits per heavy atom. The molecular formula is C11H12BrNO. The van der Waals surface area contributed by atoms with E-state index in [4.69, 9.17) is 0 Å². The first-order valence-electron chi connectivity index (χ1n) is 4.67. The molecule has 1 aliphatic heterocycles. The van der Waals surface area contributed by atoms with Gasteiger partial charge in [0.1, 0.15) is 0 Å². The largest absolute Gasteiger partial charge is 0.297 e. The van der Waals surface area contributed by atoms with Gasteiger partial charge in [-0.15, -0.1) is 0 Å². The summed E-state index contributed by atoms with van der Waals surface area (Å²) in [5.41, 5.74) is 1.08. The first-order chi connectivity index (χ1) is 6.70. The second kappa shape index (κ2) is 3.83. The highest BCUT2D eigenvalue weighted by atomic mass is 79.9. The van der Waals surface area contributed by atoms with Gasteiger partial charge in [-0.05, 0) is 18.7 Å². The van der Waals surface area contributed by atoms with E-state index in [9.17, 15) is 4.79 Å². The van der Waals surface area contributed by atoms with Crippen LogP contribution in [0.25, 0.3) is 0 Å². The summed E-state index contributed by atoms with van der Waals surface area (Å²) >= 11 is 3.48. The number of rotatable bonds is 1. The molecule has 1 aromatic rings. The van der Waals surface area contributed by atoms with Crippen LogP contribution >= 0.6 is 15.9 Å². The van der Waals surface area contributed by atoms with Gasteiger partial charge in [0.25, 0.3) is 0 Å². The van der Waals surface area contributed by atoms with Crippen LogP contribution in [0.3, 0.4) is 0 Å². The van der Waals surface area contributed by atoms with Gasteiger partial charge in [0, 0.05) is 17.4 Å². The molecular weight excluding hydrogens is 242 g/mol. The van der Waals surface area contributed by atoms with Crippen molar-refractivity contribution in [1.82, 2.24) is 4.90 Å². The Morgan fingerprint density at radius 3 is 2.71 bits per heavy atom. The molecule has 1 atom stereocenters. The standard InChI is InChI=1S/C11H12BrNO/c1-13-7-6-10(14)11(13)8-4-2-3-5-9(8)12/h2-5,11H,6-7H2,1H3. The van der Waals surface area contributed by atoms with E-state index in [2.05, 4.69) is 20.8 Å². The molecule has 1 heterocycles. The van der Waals surface area contributed by atoms with E-state index < -0.39 is 0 Å². The third kappa shape index (κ3) is 1.62. The van der Waals surface area contributed by atoms with Gasteiger partial charge in [-0.1, -0.05) is 34.1 Å². The molecule has 0 spiro atoms. The Labute approximate surface area is 92.0 Å². The third-order valence-electron chi connectivity index (χ3n) is 2.66. The van der Waals surface area contributed by atoms with Gasteiger partial charge in [-0.25, -0.2) is 0 Å². The maximum Gasteiger partial charge on any atom is 0.155 e. The van der Waals surface area contributed by atoms with Crippen LogP contribution in [0.5, 0.6) is 0 Å². The molecule has 0 amide bonds. The second-order valence-electron chi connectivity index (χ2n) is 3.62. The highest BCUT2D eigenvalue weighted by Crippen LogP contribution is 2.31. The number of likely N-dealkylation sites (N-methyl/N-ethyl adjacent to an activating group) is 1. The number of halogens is 1. The van der Waals surface area contributed by atoms with Crippen molar-refractivity contribution in [2.24, 2.45) is 0 Å². The summed E-state index contributed by atoms with van der Waals surface area (Å²) in [6.45, 7) is 0.866. The van der Waals surface area contributed by atoms with Crippen molar-refractivity contribution >= 4 is 21.7 Å². The molecule has 2 nitrogen and oxygen atoms in total. The lowest BCUT2D eigenvalue weighted by molar-refractivity contribution is -0.119. The topological polar surface area (TPSA) is 20.3 Å². The second-order valence-corrected chi connectivity index (χ2v) is 4.48. The zero-order chi connectivity index (χ0) is 10.1. The summed E-state index contributed by atoms with van der Waals surface area (Å²) in [5, 5.41) is 0. The lowest BCUT2D eigenvalue weighted by atomic mass is 10.0. The van der Waals surface area contributed by atoms with Crippen LogP contribution in [0.15, 0.2) is 28.7 Å².